The van der Waals surface area contributed by atoms with E-state index in [1.165, 1.54) is 89.0 Å². The first-order valence-corrected chi connectivity index (χ1v) is 23.0. The van der Waals surface area contributed by atoms with Crippen LogP contribution < -0.4 is 9.64 Å². The van der Waals surface area contributed by atoms with Crippen molar-refractivity contribution < 1.29 is 4.74 Å². The molecule has 1 heterocycles. The topological polar surface area (TPSA) is 12.5 Å². The Hall–Kier alpha value is -8.20. The van der Waals surface area contributed by atoms with Crippen molar-refractivity contribution >= 4 is 17.1 Å². The molecule has 10 aromatic carbocycles. The molecule has 2 aliphatic carbocycles. The average molecular weight is 844 g/mol. The van der Waals surface area contributed by atoms with Crippen molar-refractivity contribution in [1.29, 1.82) is 0 Å². The highest BCUT2D eigenvalue weighted by molar-refractivity contribution is 5.97. The Morgan fingerprint density at radius 3 is 1.48 bits per heavy atom. The Balaban J connectivity index is 0.952. The van der Waals surface area contributed by atoms with Gasteiger partial charge in [-0.05, 0) is 132 Å². The van der Waals surface area contributed by atoms with Gasteiger partial charge in [0, 0.05) is 33.6 Å². The van der Waals surface area contributed by atoms with Crippen LogP contribution >= 0.6 is 0 Å². The molecule has 0 amide bonds. The summed E-state index contributed by atoms with van der Waals surface area (Å²) in [7, 11) is 0. The molecule has 0 N–H and O–H groups in total. The van der Waals surface area contributed by atoms with Gasteiger partial charge in [-0.3, -0.25) is 0 Å². The van der Waals surface area contributed by atoms with Gasteiger partial charge in [0.2, 0.25) is 0 Å². The van der Waals surface area contributed by atoms with Gasteiger partial charge in [-0.2, -0.15) is 0 Å². The molecule has 0 bridgehead atoms. The Bertz CT molecular complexity index is 3480. The number of ether oxygens (including phenoxy) is 1. The molecule has 0 radical (unpaired) electrons. The van der Waals surface area contributed by atoms with Gasteiger partial charge < -0.3 is 9.64 Å². The molecule has 0 unspecified atom stereocenters. The number of fused-ring (bicyclic) bond motifs is 12. The van der Waals surface area contributed by atoms with Gasteiger partial charge >= 0.3 is 0 Å². The van der Waals surface area contributed by atoms with Crippen LogP contribution in [0.2, 0.25) is 0 Å². The predicted octanol–water partition coefficient (Wildman–Crippen LogP) is 16.9. The molecule has 2 nitrogen and oxygen atoms in total. The van der Waals surface area contributed by atoms with Crippen molar-refractivity contribution in [2.75, 3.05) is 4.90 Å². The number of hydrogen-bond donors (Lipinski definition) is 0. The molecule has 2 heteroatoms. The van der Waals surface area contributed by atoms with E-state index in [2.05, 4.69) is 255 Å². The molecular weight excluding hydrogens is 799 g/mol. The van der Waals surface area contributed by atoms with E-state index in [-0.39, 0.29) is 5.41 Å². The minimum absolute atomic E-state index is 0.195. The number of nitrogens with zero attached hydrogens (tertiary/aromatic N) is 1. The third-order valence-corrected chi connectivity index (χ3v) is 14.5. The highest BCUT2D eigenvalue weighted by Gasteiger charge is 2.51. The van der Waals surface area contributed by atoms with Gasteiger partial charge in [-0.15, -0.1) is 0 Å². The summed E-state index contributed by atoms with van der Waals surface area (Å²) in [5.41, 5.74) is 22.7. The maximum atomic E-state index is 6.62. The lowest BCUT2D eigenvalue weighted by Gasteiger charge is -2.39. The van der Waals surface area contributed by atoms with Gasteiger partial charge in [0.05, 0.1) is 5.41 Å². The van der Waals surface area contributed by atoms with Crippen LogP contribution in [0.15, 0.2) is 237 Å². The Kier molecular flexibility index (Phi) is 8.51. The summed E-state index contributed by atoms with van der Waals surface area (Å²) in [5.74, 6) is 1.81. The van der Waals surface area contributed by atoms with Crippen LogP contribution in [0.1, 0.15) is 47.2 Å². The second-order valence-corrected chi connectivity index (χ2v) is 18.4. The number of para-hydroxylation sites is 2. The summed E-state index contributed by atoms with van der Waals surface area (Å²) < 4.78 is 6.62. The van der Waals surface area contributed by atoms with E-state index in [0.717, 1.165) is 28.6 Å². The van der Waals surface area contributed by atoms with E-state index in [1.54, 1.807) is 0 Å². The van der Waals surface area contributed by atoms with Crippen LogP contribution in [-0.4, -0.2) is 0 Å². The number of hydrogen-bond acceptors (Lipinski definition) is 2. The van der Waals surface area contributed by atoms with Gasteiger partial charge in [-0.1, -0.05) is 196 Å². The number of anilines is 3. The summed E-state index contributed by atoms with van der Waals surface area (Å²) in [5, 5.41) is 0. The van der Waals surface area contributed by atoms with Crippen molar-refractivity contribution in [1.82, 2.24) is 0 Å². The fourth-order valence-corrected chi connectivity index (χ4v) is 11.5. The minimum atomic E-state index is -0.516. The molecule has 0 aromatic heterocycles. The summed E-state index contributed by atoms with van der Waals surface area (Å²) in [4.78, 5) is 2.43. The first-order chi connectivity index (χ1) is 32.5. The summed E-state index contributed by atoms with van der Waals surface area (Å²) in [6.45, 7) is 4.76. The zero-order valence-electron chi connectivity index (χ0n) is 36.9. The van der Waals surface area contributed by atoms with E-state index in [1.807, 2.05) is 0 Å². The van der Waals surface area contributed by atoms with E-state index in [4.69, 9.17) is 4.74 Å². The minimum Gasteiger partial charge on any atom is -0.457 e. The maximum Gasteiger partial charge on any atom is 0.132 e. The molecule has 3 aliphatic rings. The van der Waals surface area contributed by atoms with Crippen LogP contribution in [0, 0.1) is 0 Å². The highest BCUT2D eigenvalue weighted by atomic mass is 16.5. The molecule has 1 spiro atoms. The quantitative estimate of drug-likeness (QED) is 0.165. The van der Waals surface area contributed by atoms with Gasteiger partial charge in [0.25, 0.3) is 0 Å². The fourth-order valence-electron chi connectivity index (χ4n) is 11.5. The van der Waals surface area contributed by atoms with Gasteiger partial charge in [0.15, 0.2) is 0 Å². The largest absolute Gasteiger partial charge is 0.457 e. The Morgan fingerprint density at radius 1 is 0.303 bits per heavy atom. The van der Waals surface area contributed by atoms with Crippen molar-refractivity contribution in [3.63, 3.8) is 0 Å². The van der Waals surface area contributed by atoms with E-state index in [0.29, 0.717) is 0 Å². The fraction of sp³-hybridized carbons (Fsp3) is 0.0625. The third kappa shape index (κ3) is 5.61. The van der Waals surface area contributed by atoms with Crippen molar-refractivity contribution in [3.05, 3.63) is 270 Å². The zero-order valence-corrected chi connectivity index (χ0v) is 36.9. The first-order valence-electron chi connectivity index (χ1n) is 23.0. The maximum absolute atomic E-state index is 6.62. The zero-order chi connectivity index (χ0) is 44.0. The third-order valence-electron chi connectivity index (χ3n) is 14.5. The monoisotopic (exact) mass is 843 g/mol. The van der Waals surface area contributed by atoms with Crippen LogP contribution in [0.5, 0.6) is 11.5 Å². The van der Waals surface area contributed by atoms with E-state index in [9.17, 15) is 0 Å². The smallest absolute Gasteiger partial charge is 0.132 e. The molecule has 0 saturated carbocycles. The molecule has 0 atom stereocenters. The standard InChI is InChI=1S/C64H45NO/c1-63(2)58-40-46(43-19-7-4-8-20-43)33-37-51(58)52-38-36-49(41-59(52)63)65(48-22-15-21-45(39-48)42-17-5-3-6-18-42)47-34-31-44(32-35-47)50-24-16-28-57-62(50)53-23-9-10-25-54(53)64(57)55-26-11-13-29-60(55)66-61-30-14-12-27-56(61)64/h3-41H,1-2H3. The molecule has 312 valence electrons. The molecule has 66 heavy (non-hydrogen) atoms. The second-order valence-electron chi connectivity index (χ2n) is 18.4. The van der Waals surface area contributed by atoms with Crippen molar-refractivity contribution in [2.45, 2.75) is 24.7 Å². The number of benzene rings is 10. The van der Waals surface area contributed by atoms with E-state index >= 15 is 0 Å². The molecule has 0 fully saturated rings. The molecule has 13 rings (SSSR count). The number of rotatable bonds is 6. The summed E-state index contributed by atoms with van der Waals surface area (Å²) >= 11 is 0. The lowest BCUT2D eigenvalue weighted by atomic mass is 9.66. The average Bonchev–Trinajstić information content (AvgIpc) is 3.80. The van der Waals surface area contributed by atoms with Crippen molar-refractivity contribution in [3.8, 4) is 67.1 Å². The van der Waals surface area contributed by atoms with E-state index < -0.39 is 5.41 Å². The van der Waals surface area contributed by atoms with Gasteiger partial charge in [-0.25, -0.2) is 0 Å². The second kappa shape index (κ2) is 14.7. The summed E-state index contributed by atoms with van der Waals surface area (Å²) in [6, 6.07) is 86.7. The lowest BCUT2D eigenvalue weighted by Crippen LogP contribution is -2.32. The van der Waals surface area contributed by atoms with Crippen LogP contribution in [0.3, 0.4) is 0 Å². The van der Waals surface area contributed by atoms with Crippen molar-refractivity contribution in [2.24, 2.45) is 0 Å². The predicted molar refractivity (Wildman–Crippen MR) is 272 cm³/mol. The van der Waals surface area contributed by atoms with Crippen LogP contribution in [0.25, 0.3) is 55.6 Å². The SMILES string of the molecule is CC1(C)c2cc(-c3ccccc3)ccc2-c2ccc(N(c3ccc(-c4cccc5c4-c4ccccc4C54c5ccccc5Oc5ccccc54)cc3)c3cccc(-c4ccccc4)c3)cc21. The van der Waals surface area contributed by atoms with Gasteiger partial charge in [0.1, 0.15) is 11.5 Å². The highest BCUT2D eigenvalue weighted by Crippen LogP contribution is 2.63. The lowest BCUT2D eigenvalue weighted by molar-refractivity contribution is 0.436. The normalized spacial score (nSPS) is 14.0. The summed E-state index contributed by atoms with van der Waals surface area (Å²) in [6.07, 6.45) is 0. The Labute approximate surface area is 386 Å². The van der Waals surface area contributed by atoms with Crippen LogP contribution in [-0.2, 0) is 10.8 Å². The Morgan fingerprint density at radius 2 is 0.788 bits per heavy atom. The first kappa shape index (κ1) is 38.3. The molecule has 0 saturated heterocycles. The molecule has 10 aromatic rings. The molecular formula is C64H45NO. The van der Waals surface area contributed by atoms with Crippen LogP contribution in [0.4, 0.5) is 17.1 Å². The molecule has 1 aliphatic heterocycles.